The monoisotopic (exact) mass is 299 g/mol. The number of nitrogens with zero attached hydrogens (tertiary/aromatic N) is 4. The van der Waals surface area contributed by atoms with Gasteiger partial charge >= 0.3 is 0 Å². The van der Waals surface area contributed by atoms with Crippen LogP contribution in [0.25, 0.3) is 5.69 Å². The maximum atomic E-state index is 12.4. The Balaban J connectivity index is 1.70. The van der Waals surface area contributed by atoms with E-state index >= 15 is 0 Å². The first kappa shape index (κ1) is 14.6. The van der Waals surface area contributed by atoms with Gasteiger partial charge in [-0.15, -0.1) is 0 Å². The number of likely N-dealkylation sites (N-methyl/N-ethyl adjacent to an activating group) is 1. The zero-order valence-electron chi connectivity index (χ0n) is 12.8. The molecule has 1 fully saturated rings. The van der Waals surface area contributed by atoms with E-state index in [1.54, 1.807) is 10.9 Å². The highest BCUT2D eigenvalue weighted by atomic mass is 16.2. The van der Waals surface area contributed by atoms with Gasteiger partial charge in [-0.1, -0.05) is 18.2 Å². The van der Waals surface area contributed by atoms with Crippen LogP contribution in [0.3, 0.4) is 0 Å². The fourth-order valence-electron chi connectivity index (χ4n) is 2.58. The predicted molar refractivity (Wildman–Crippen MR) is 85.8 cm³/mol. The topological polar surface area (TPSA) is 67.4 Å². The second kappa shape index (κ2) is 6.19. The molecular formula is C16H21N5O. The van der Waals surface area contributed by atoms with Crippen molar-refractivity contribution in [2.45, 2.75) is 6.42 Å². The molecule has 116 valence electrons. The molecule has 1 aromatic heterocycles. The van der Waals surface area contributed by atoms with Gasteiger partial charge in [-0.3, -0.25) is 4.79 Å². The number of nitrogens with two attached hydrogens (primary N) is 1. The van der Waals surface area contributed by atoms with E-state index in [-0.39, 0.29) is 12.3 Å². The molecule has 1 aliphatic heterocycles. The maximum absolute atomic E-state index is 12.4. The fourth-order valence-corrected chi connectivity index (χ4v) is 2.58. The Kier molecular flexibility index (Phi) is 4.11. The number of aromatic nitrogens is 2. The Hall–Kier alpha value is -2.34. The Bertz CT molecular complexity index is 644. The lowest BCUT2D eigenvalue weighted by Gasteiger charge is -2.32. The van der Waals surface area contributed by atoms with Crippen molar-refractivity contribution in [2.75, 3.05) is 39.0 Å². The molecule has 1 saturated heterocycles. The summed E-state index contributed by atoms with van der Waals surface area (Å²) in [5, 5.41) is 4.46. The number of rotatable bonds is 3. The predicted octanol–water partition coefficient (Wildman–Crippen LogP) is 0.771. The standard InChI is InChI=1S/C16H21N5O/c1-19-7-9-20(10-8-19)16(22)11-15-14(17)12-21(18-15)13-5-3-2-4-6-13/h2-6,12H,7-11,17H2,1H3. The molecule has 1 aliphatic rings. The summed E-state index contributed by atoms with van der Waals surface area (Å²) < 4.78 is 1.72. The Morgan fingerprint density at radius 3 is 2.55 bits per heavy atom. The van der Waals surface area contributed by atoms with Gasteiger partial charge in [0, 0.05) is 26.2 Å². The molecule has 0 spiro atoms. The maximum Gasteiger partial charge on any atom is 0.228 e. The van der Waals surface area contributed by atoms with Gasteiger partial charge < -0.3 is 15.5 Å². The van der Waals surface area contributed by atoms with Gasteiger partial charge in [0.1, 0.15) is 0 Å². The molecule has 0 atom stereocenters. The fraction of sp³-hybridized carbons (Fsp3) is 0.375. The lowest BCUT2D eigenvalue weighted by molar-refractivity contribution is -0.132. The lowest BCUT2D eigenvalue weighted by atomic mass is 10.2. The van der Waals surface area contributed by atoms with Crippen LogP contribution < -0.4 is 5.73 Å². The Morgan fingerprint density at radius 2 is 1.86 bits per heavy atom. The second-order valence-corrected chi connectivity index (χ2v) is 5.67. The van der Waals surface area contributed by atoms with Crippen molar-refractivity contribution in [3.8, 4) is 5.69 Å². The highest BCUT2D eigenvalue weighted by molar-refractivity contribution is 5.79. The van der Waals surface area contributed by atoms with Crippen LogP contribution in [0.5, 0.6) is 0 Å². The highest BCUT2D eigenvalue weighted by Gasteiger charge is 2.21. The minimum atomic E-state index is 0.0955. The largest absolute Gasteiger partial charge is 0.396 e. The molecule has 0 unspecified atom stereocenters. The SMILES string of the molecule is CN1CCN(C(=O)Cc2nn(-c3ccccc3)cc2N)CC1. The van der Waals surface area contributed by atoms with Crippen LogP contribution >= 0.6 is 0 Å². The molecule has 22 heavy (non-hydrogen) atoms. The van der Waals surface area contributed by atoms with Crippen LogP contribution in [0.4, 0.5) is 5.69 Å². The van der Waals surface area contributed by atoms with Crippen molar-refractivity contribution in [2.24, 2.45) is 0 Å². The summed E-state index contributed by atoms with van der Waals surface area (Å²) >= 11 is 0. The summed E-state index contributed by atoms with van der Waals surface area (Å²) in [4.78, 5) is 16.5. The molecule has 0 aliphatic carbocycles. The van der Waals surface area contributed by atoms with Gasteiger partial charge in [-0.2, -0.15) is 5.10 Å². The summed E-state index contributed by atoms with van der Waals surface area (Å²) in [6, 6.07) is 9.76. The third-order valence-electron chi connectivity index (χ3n) is 4.02. The third-order valence-corrected chi connectivity index (χ3v) is 4.02. The van der Waals surface area contributed by atoms with Crippen LogP contribution in [-0.2, 0) is 11.2 Å². The number of benzene rings is 1. The number of anilines is 1. The minimum absolute atomic E-state index is 0.0955. The average molecular weight is 299 g/mol. The van der Waals surface area contributed by atoms with E-state index in [1.807, 2.05) is 35.2 Å². The number of hydrogen-bond donors (Lipinski definition) is 1. The van der Waals surface area contributed by atoms with Crippen LogP contribution in [0.15, 0.2) is 36.5 Å². The summed E-state index contributed by atoms with van der Waals surface area (Å²) in [5.74, 6) is 0.0955. The van der Waals surface area contributed by atoms with E-state index in [2.05, 4.69) is 17.0 Å². The quantitative estimate of drug-likeness (QED) is 0.909. The van der Waals surface area contributed by atoms with Gasteiger partial charge in [-0.25, -0.2) is 4.68 Å². The van der Waals surface area contributed by atoms with Crippen molar-refractivity contribution in [3.63, 3.8) is 0 Å². The number of amides is 1. The normalized spacial score (nSPS) is 16.0. The summed E-state index contributed by atoms with van der Waals surface area (Å²) in [6.45, 7) is 3.38. The molecule has 6 heteroatoms. The molecular weight excluding hydrogens is 278 g/mol. The molecule has 2 heterocycles. The van der Waals surface area contributed by atoms with Crippen molar-refractivity contribution >= 4 is 11.6 Å². The van der Waals surface area contributed by atoms with Gasteiger partial charge in [0.2, 0.25) is 5.91 Å². The second-order valence-electron chi connectivity index (χ2n) is 5.67. The number of hydrogen-bond acceptors (Lipinski definition) is 4. The molecule has 0 bridgehead atoms. The Labute approximate surface area is 130 Å². The van der Waals surface area contributed by atoms with E-state index in [0.717, 1.165) is 31.9 Å². The first-order chi connectivity index (χ1) is 10.6. The molecule has 3 rings (SSSR count). The van der Waals surface area contributed by atoms with Crippen LogP contribution in [-0.4, -0.2) is 58.7 Å². The van der Waals surface area contributed by atoms with Crippen molar-refractivity contribution in [1.29, 1.82) is 0 Å². The summed E-state index contributed by atoms with van der Waals surface area (Å²) in [5.41, 5.74) is 8.16. The van der Waals surface area contributed by atoms with Crippen molar-refractivity contribution < 1.29 is 4.79 Å². The van der Waals surface area contributed by atoms with E-state index in [4.69, 9.17) is 5.73 Å². The number of piperazine rings is 1. The number of para-hydroxylation sites is 1. The van der Waals surface area contributed by atoms with Crippen LogP contribution in [0, 0.1) is 0 Å². The molecule has 6 nitrogen and oxygen atoms in total. The average Bonchev–Trinajstić information content (AvgIpc) is 2.90. The zero-order chi connectivity index (χ0) is 15.5. The lowest BCUT2D eigenvalue weighted by Crippen LogP contribution is -2.47. The number of carbonyl (C=O) groups excluding carboxylic acids is 1. The van der Waals surface area contributed by atoms with Gasteiger partial charge in [-0.05, 0) is 19.2 Å². The Morgan fingerprint density at radius 1 is 1.18 bits per heavy atom. The van der Waals surface area contributed by atoms with Gasteiger partial charge in [0.15, 0.2) is 0 Å². The summed E-state index contributed by atoms with van der Waals surface area (Å²) in [6.07, 6.45) is 2.03. The van der Waals surface area contributed by atoms with Crippen LogP contribution in [0.2, 0.25) is 0 Å². The molecule has 0 radical (unpaired) electrons. The van der Waals surface area contributed by atoms with E-state index in [0.29, 0.717) is 11.4 Å². The minimum Gasteiger partial charge on any atom is -0.396 e. The van der Waals surface area contributed by atoms with Gasteiger partial charge in [0.25, 0.3) is 0 Å². The van der Waals surface area contributed by atoms with Gasteiger partial charge in [0.05, 0.1) is 29.7 Å². The molecule has 2 aromatic rings. The highest BCUT2D eigenvalue weighted by Crippen LogP contribution is 2.15. The van der Waals surface area contributed by atoms with E-state index in [1.165, 1.54) is 0 Å². The number of carbonyl (C=O) groups is 1. The molecule has 1 aromatic carbocycles. The molecule has 2 N–H and O–H groups in total. The molecule has 1 amide bonds. The first-order valence-corrected chi connectivity index (χ1v) is 7.49. The first-order valence-electron chi connectivity index (χ1n) is 7.49. The zero-order valence-corrected chi connectivity index (χ0v) is 12.8. The van der Waals surface area contributed by atoms with Crippen molar-refractivity contribution in [1.82, 2.24) is 19.6 Å². The smallest absolute Gasteiger partial charge is 0.228 e. The summed E-state index contributed by atoms with van der Waals surface area (Å²) in [7, 11) is 2.07. The van der Waals surface area contributed by atoms with Crippen molar-refractivity contribution in [3.05, 3.63) is 42.2 Å². The van der Waals surface area contributed by atoms with E-state index < -0.39 is 0 Å². The number of nitrogen functional groups attached to an aromatic ring is 1. The third kappa shape index (κ3) is 3.12. The van der Waals surface area contributed by atoms with Crippen LogP contribution in [0.1, 0.15) is 5.69 Å². The van der Waals surface area contributed by atoms with E-state index in [9.17, 15) is 4.79 Å². The molecule has 0 saturated carbocycles.